The molecule has 0 unspecified atom stereocenters. The lowest BCUT2D eigenvalue weighted by Gasteiger charge is -2.23. The number of carbonyl (C=O) groups is 2. The Bertz CT molecular complexity index is 2140. The fourth-order valence-electron chi connectivity index (χ4n) is 4.30. The number of nitrogens with one attached hydrogen (secondary N) is 2. The zero-order valence-corrected chi connectivity index (χ0v) is 34.0. The van der Waals surface area contributed by atoms with Gasteiger partial charge < -0.3 is 24.6 Å². The summed E-state index contributed by atoms with van der Waals surface area (Å²) in [5.41, 5.74) is 0.309. The van der Waals surface area contributed by atoms with Gasteiger partial charge in [0.15, 0.2) is 25.5 Å². The molecule has 0 bridgehead atoms. The molecule has 18 heteroatoms. The van der Waals surface area contributed by atoms with Crippen molar-refractivity contribution in [3.63, 3.8) is 0 Å². The van der Waals surface area contributed by atoms with Crippen LogP contribution in [-0.2, 0) is 47.1 Å². The van der Waals surface area contributed by atoms with E-state index in [1.54, 1.807) is 19.2 Å². The highest BCUT2D eigenvalue weighted by Gasteiger charge is 2.44. The molecule has 0 saturated heterocycles. The van der Waals surface area contributed by atoms with Crippen LogP contribution < -0.4 is 20.1 Å². The van der Waals surface area contributed by atoms with E-state index in [-0.39, 0.29) is 32.3 Å². The number of anilines is 2. The van der Waals surface area contributed by atoms with E-state index < -0.39 is 41.0 Å². The largest absolute Gasteiger partial charge is 0.481 e. The number of sulfone groups is 2. The van der Waals surface area contributed by atoms with Crippen molar-refractivity contribution in [3.8, 4) is 11.8 Å². The van der Waals surface area contributed by atoms with E-state index in [1.165, 1.54) is 77.1 Å². The van der Waals surface area contributed by atoms with Gasteiger partial charge in [0.2, 0.25) is 23.6 Å². The fraction of sp³-hybridized carbons (Fsp3) is 0.486. The molecule has 0 saturated carbocycles. The van der Waals surface area contributed by atoms with Crippen LogP contribution in [-0.4, -0.2) is 77.3 Å². The van der Waals surface area contributed by atoms with Crippen molar-refractivity contribution in [3.05, 3.63) is 60.2 Å². The van der Waals surface area contributed by atoms with Crippen molar-refractivity contribution < 1.29 is 40.4 Å². The second kappa shape index (κ2) is 15.3. The number of aryl methyl sites for hydroxylation is 1. The van der Waals surface area contributed by atoms with Gasteiger partial charge in [-0.05, 0) is 39.8 Å². The fourth-order valence-corrected chi connectivity index (χ4v) is 6.94. The lowest BCUT2D eigenvalue weighted by Crippen LogP contribution is -2.44. The average molecular weight is 776 g/mol. The minimum absolute atomic E-state index is 0.0520. The number of aromatic nitrogens is 5. The molecular formula is C35H49N7O9S2. The van der Waals surface area contributed by atoms with Gasteiger partial charge in [0.25, 0.3) is 0 Å². The SMILES string of the molecule is COc1ccc(S(=O)(=O)C(C)(C)C(=O)Nc2cc(C(C)(C)C)nn2C)cn1.COc1ccc(S(=O)(=O)C(C)(C)C(=O)Nc2cc(C(C)(C)C)on2)cn1. The van der Waals surface area contributed by atoms with Crippen molar-refractivity contribution in [2.75, 3.05) is 24.9 Å². The van der Waals surface area contributed by atoms with Gasteiger partial charge in [-0.3, -0.25) is 14.3 Å². The zero-order chi connectivity index (χ0) is 40.4. The predicted octanol–water partition coefficient (Wildman–Crippen LogP) is 4.88. The normalized spacial score (nSPS) is 12.7. The van der Waals surface area contributed by atoms with Crippen LogP contribution in [0.2, 0.25) is 0 Å². The Balaban J connectivity index is 0.000000286. The molecule has 0 fully saturated rings. The summed E-state index contributed by atoms with van der Waals surface area (Å²) in [7, 11) is -3.41. The van der Waals surface area contributed by atoms with E-state index in [0.29, 0.717) is 17.5 Å². The second-order valence-electron chi connectivity index (χ2n) is 15.1. The lowest BCUT2D eigenvalue weighted by atomic mass is 9.92. The third-order valence-corrected chi connectivity index (χ3v) is 13.1. The Labute approximate surface area is 310 Å². The summed E-state index contributed by atoms with van der Waals surface area (Å²) < 4.78 is 64.8. The molecule has 0 aliphatic rings. The summed E-state index contributed by atoms with van der Waals surface area (Å²) in [4.78, 5) is 33.1. The lowest BCUT2D eigenvalue weighted by molar-refractivity contribution is -0.118. The molecule has 2 N–H and O–H groups in total. The Morgan fingerprint density at radius 3 is 1.49 bits per heavy atom. The molecule has 0 radical (unpaired) electrons. The van der Waals surface area contributed by atoms with Gasteiger partial charge in [-0.25, -0.2) is 26.8 Å². The summed E-state index contributed by atoms with van der Waals surface area (Å²) in [5.74, 6) is 0.373. The van der Waals surface area contributed by atoms with E-state index in [0.717, 1.165) is 11.9 Å². The maximum Gasteiger partial charge on any atom is 0.246 e. The van der Waals surface area contributed by atoms with E-state index >= 15 is 0 Å². The van der Waals surface area contributed by atoms with Crippen LogP contribution in [0.4, 0.5) is 11.6 Å². The van der Waals surface area contributed by atoms with Gasteiger partial charge in [0.1, 0.15) is 21.1 Å². The van der Waals surface area contributed by atoms with Crippen LogP contribution in [0.5, 0.6) is 11.8 Å². The van der Waals surface area contributed by atoms with E-state index in [1.807, 2.05) is 41.5 Å². The number of rotatable bonds is 10. The Morgan fingerprint density at radius 1 is 0.698 bits per heavy atom. The van der Waals surface area contributed by atoms with Crippen molar-refractivity contribution >= 4 is 43.1 Å². The Kier molecular flexibility index (Phi) is 12.3. The Hall–Kier alpha value is -4.84. The van der Waals surface area contributed by atoms with Gasteiger partial charge in [-0.1, -0.05) is 46.7 Å². The molecule has 4 aromatic heterocycles. The number of pyridine rings is 2. The van der Waals surface area contributed by atoms with Crippen molar-refractivity contribution in [2.24, 2.45) is 7.05 Å². The smallest absolute Gasteiger partial charge is 0.246 e. The second-order valence-corrected chi connectivity index (χ2v) is 20.1. The summed E-state index contributed by atoms with van der Waals surface area (Å²) in [6.07, 6.45) is 2.35. The first kappa shape index (κ1) is 42.6. The molecule has 0 aliphatic carbocycles. The van der Waals surface area contributed by atoms with Gasteiger partial charge in [-0.15, -0.1) is 0 Å². The van der Waals surface area contributed by atoms with Crippen LogP contribution in [0, 0.1) is 0 Å². The maximum absolute atomic E-state index is 13.0. The molecular weight excluding hydrogens is 727 g/mol. The van der Waals surface area contributed by atoms with E-state index in [4.69, 9.17) is 14.0 Å². The topological polar surface area (TPSA) is 215 Å². The zero-order valence-electron chi connectivity index (χ0n) is 32.3. The van der Waals surface area contributed by atoms with Gasteiger partial charge in [0.05, 0.1) is 29.7 Å². The first-order valence-corrected chi connectivity index (χ1v) is 19.3. The molecule has 53 heavy (non-hydrogen) atoms. The van der Waals surface area contributed by atoms with Gasteiger partial charge >= 0.3 is 0 Å². The van der Waals surface area contributed by atoms with Crippen LogP contribution >= 0.6 is 0 Å². The molecule has 0 atom stereocenters. The minimum atomic E-state index is -3.99. The Morgan fingerprint density at radius 2 is 1.15 bits per heavy atom. The molecule has 0 spiro atoms. The first-order valence-electron chi connectivity index (χ1n) is 16.3. The predicted molar refractivity (Wildman–Crippen MR) is 198 cm³/mol. The van der Waals surface area contributed by atoms with Gasteiger partial charge in [0, 0.05) is 54.5 Å². The number of methoxy groups -OCH3 is 2. The third-order valence-electron chi connectivity index (χ3n) is 8.28. The highest BCUT2D eigenvalue weighted by atomic mass is 32.2. The molecule has 4 rings (SSSR count). The summed E-state index contributed by atoms with van der Waals surface area (Å²) in [6.45, 7) is 17.2. The molecule has 4 aromatic rings. The highest BCUT2D eigenvalue weighted by molar-refractivity contribution is 7.94. The van der Waals surface area contributed by atoms with Gasteiger partial charge in [-0.2, -0.15) is 5.10 Å². The quantitative estimate of drug-likeness (QED) is 0.220. The monoisotopic (exact) mass is 775 g/mol. The number of ether oxygens (including phenoxy) is 2. The van der Waals surface area contributed by atoms with Crippen LogP contribution in [0.15, 0.2) is 63.1 Å². The molecule has 16 nitrogen and oxygen atoms in total. The molecule has 0 aliphatic heterocycles. The summed E-state index contributed by atoms with van der Waals surface area (Å²) >= 11 is 0. The van der Waals surface area contributed by atoms with Crippen molar-refractivity contribution in [2.45, 2.75) is 99.4 Å². The minimum Gasteiger partial charge on any atom is -0.481 e. The van der Waals surface area contributed by atoms with Crippen LogP contribution in [0.3, 0.4) is 0 Å². The number of hydrogen-bond acceptors (Lipinski definition) is 13. The third kappa shape index (κ3) is 9.22. The number of carbonyl (C=O) groups excluding carboxylic acids is 2. The number of hydrogen-bond donors (Lipinski definition) is 2. The number of nitrogens with zero attached hydrogens (tertiary/aromatic N) is 5. The summed E-state index contributed by atoms with van der Waals surface area (Å²) in [6, 6.07) is 8.92. The molecule has 4 heterocycles. The highest BCUT2D eigenvalue weighted by Crippen LogP contribution is 2.31. The molecule has 2 amide bonds. The van der Waals surface area contributed by atoms with Crippen molar-refractivity contribution in [1.82, 2.24) is 24.9 Å². The van der Waals surface area contributed by atoms with E-state index in [9.17, 15) is 26.4 Å². The summed E-state index contributed by atoms with van der Waals surface area (Å²) in [5, 5.41) is 13.4. The first-order chi connectivity index (χ1) is 24.2. The average Bonchev–Trinajstić information content (AvgIpc) is 3.71. The number of amides is 2. The van der Waals surface area contributed by atoms with Crippen molar-refractivity contribution in [1.29, 1.82) is 0 Å². The van der Waals surface area contributed by atoms with Crippen LogP contribution in [0.1, 0.15) is 80.7 Å². The molecule has 0 aromatic carbocycles. The standard InChI is InChI=1S/C18H26N4O4S.C17H23N3O5S/c1-17(2,3)13-10-14(22(6)21-13)20-16(23)18(4,5)27(24,25)12-8-9-15(26-7)19-11-12;1-16(2,3)12-9-13(20-25-12)19-15(21)17(4,5)26(22,23)11-7-8-14(24-6)18-10-11/h8-11H,1-7H3,(H,20,23);7-10H,1-6H3,(H,19,20,21). The maximum atomic E-state index is 13.0. The molecule has 290 valence electrons. The van der Waals surface area contributed by atoms with E-state index in [2.05, 4.69) is 30.9 Å². The van der Waals surface area contributed by atoms with Crippen LogP contribution in [0.25, 0.3) is 0 Å².